The molecule has 0 radical (unpaired) electrons. The summed E-state index contributed by atoms with van der Waals surface area (Å²) in [5.74, 6) is 0.418. The summed E-state index contributed by atoms with van der Waals surface area (Å²) in [5, 5.41) is 11.4. The van der Waals surface area contributed by atoms with Crippen LogP contribution in [0.25, 0.3) is 0 Å². The van der Waals surface area contributed by atoms with Crippen LogP contribution < -0.4 is 11.1 Å². The Bertz CT molecular complexity index is 714. The molecule has 3 N–H and O–H groups in total. The van der Waals surface area contributed by atoms with Crippen LogP contribution in [-0.4, -0.2) is 67.5 Å². The van der Waals surface area contributed by atoms with Gasteiger partial charge in [-0.05, 0) is 44.5 Å². The first-order chi connectivity index (χ1) is 15.0. The third kappa shape index (κ3) is 17.6. The van der Waals surface area contributed by atoms with E-state index in [1.54, 1.807) is 4.90 Å². The van der Waals surface area contributed by atoms with Crippen molar-refractivity contribution >= 4 is 30.2 Å². The van der Waals surface area contributed by atoms with Crippen LogP contribution in [0.1, 0.15) is 34.1 Å². The van der Waals surface area contributed by atoms with E-state index in [1.807, 2.05) is 49.3 Å². The fourth-order valence-corrected chi connectivity index (χ4v) is 2.41. The number of para-hydroxylation sites is 1. The maximum Gasteiger partial charge on any atom is 0.281 e. The molecule has 178 valence electrons. The van der Waals surface area contributed by atoms with Gasteiger partial charge >= 0.3 is 0 Å². The van der Waals surface area contributed by atoms with Crippen molar-refractivity contribution in [3.05, 3.63) is 30.3 Å². The van der Waals surface area contributed by atoms with E-state index in [0.29, 0.717) is 18.9 Å². The molecule has 1 aromatic carbocycles. The molecule has 0 aliphatic carbocycles. The van der Waals surface area contributed by atoms with Gasteiger partial charge in [-0.3, -0.25) is 19.2 Å². The van der Waals surface area contributed by atoms with Crippen LogP contribution in [0.3, 0.4) is 0 Å². The van der Waals surface area contributed by atoms with Crippen molar-refractivity contribution < 1.29 is 19.2 Å². The number of carbonyl (C=O) groups is 4. The van der Waals surface area contributed by atoms with Crippen molar-refractivity contribution in [1.82, 2.24) is 9.80 Å². The topological polar surface area (TPSA) is 137 Å². The maximum atomic E-state index is 11.7. The number of carbonyl (C=O) groups excluding carboxylic acids is 4. The number of nitriles is 1. The van der Waals surface area contributed by atoms with E-state index in [1.165, 1.54) is 0 Å². The Morgan fingerprint density at radius 1 is 1.25 bits per heavy atom. The first-order valence-corrected chi connectivity index (χ1v) is 10.3. The van der Waals surface area contributed by atoms with Crippen LogP contribution in [0.5, 0.6) is 0 Å². The van der Waals surface area contributed by atoms with Gasteiger partial charge in [0.25, 0.3) is 5.91 Å². The lowest BCUT2D eigenvalue weighted by atomic mass is 10.1. The zero-order valence-electron chi connectivity index (χ0n) is 19.9. The van der Waals surface area contributed by atoms with Crippen LogP contribution in [0.15, 0.2) is 30.3 Å². The van der Waals surface area contributed by atoms with Gasteiger partial charge in [-0.1, -0.05) is 45.9 Å². The summed E-state index contributed by atoms with van der Waals surface area (Å²) >= 11 is 0. The van der Waals surface area contributed by atoms with E-state index >= 15 is 0 Å². The smallest absolute Gasteiger partial charge is 0.281 e. The standard InChI is InChI=1S/C10H17N3O.C7H7NO.C4H10.C2H3NO2/c1-8-4-9(5-11)13(6-8)10(14)7-12(2)3;9-6-8-7-4-2-1-3-5-7;1-4(2)3;3-2(5)1-4/h8-9H,4,6-7H2,1-3H3;1-6H,(H,8,9);4H,1-3H3;1H,(H2,3,5). The maximum absolute atomic E-state index is 11.7. The van der Waals surface area contributed by atoms with Gasteiger partial charge in [0, 0.05) is 12.2 Å². The van der Waals surface area contributed by atoms with Gasteiger partial charge in [-0.15, -0.1) is 0 Å². The highest BCUT2D eigenvalue weighted by Gasteiger charge is 2.32. The van der Waals surface area contributed by atoms with Gasteiger partial charge in [-0.25, -0.2) is 0 Å². The molecule has 9 nitrogen and oxygen atoms in total. The van der Waals surface area contributed by atoms with Crippen molar-refractivity contribution in [2.24, 2.45) is 17.6 Å². The molecule has 32 heavy (non-hydrogen) atoms. The minimum Gasteiger partial charge on any atom is -0.363 e. The monoisotopic (exact) mass is 447 g/mol. The molecule has 1 aromatic rings. The molecule has 0 saturated carbocycles. The first kappa shape index (κ1) is 30.9. The molecular formula is C23H37N5O4. The normalized spacial score (nSPS) is 16.2. The molecule has 1 fully saturated rings. The van der Waals surface area contributed by atoms with Crippen molar-refractivity contribution in [2.75, 3.05) is 32.5 Å². The average molecular weight is 448 g/mol. The van der Waals surface area contributed by atoms with Gasteiger partial charge in [-0.2, -0.15) is 5.26 Å². The van der Waals surface area contributed by atoms with Crippen molar-refractivity contribution in [3.63, 3.8) is 0 Å². The molecule has 1 aliphatic rings. The van der Waals surface area contributed by atoms with E-state index in [2.05, 4.69) is 44.8 Å². The second-order valence-electron chi connectivity index (χ2n) is 8.15. The largest absolute Gasteiger partial charge is 0.363 e. The number of nitrogens with two attached hydrogens (primary N) is 1. The van der Waals surface area contributed by atoms with Gasteiger partial charge in [0.15, 0.2) is 0 Å². The fraction of sp³-hybridized carbons (Fsp3) is 0.522. The van der Waals surface area contributed by atoms with Crippen LogP contribution in [0, 0.1) is 23.2 Å². The summed E-state index contributed by atoms with van der Waals surface area (Å²) < 4.78 is 0. The third-order valence-electron chi connectivity index (χ3n) is 3.55. The molecule has 3 amide bonds. The van der Waals surface area contributed by atoms with Crippen LogP contribution in [0.2, 0.25) is 0 Å². The van der Waals surface area contributed by atoms with Crippen molar-refractivity contribution in [2.45, 2.75) is 40.2 Å². The summed E-state index contributed by atoms with van der Waals surface area (Å²) in [4.78, 5) is 43.4. The van der Waals surface area contributed by atoms with Crippen molar-refractivity contribution in [3.8, 4) is 6.07 Å². The van der Waals surface area contributed by atoms with E-state index in [4.69, 9.17) is 10.1 Å². The van der Waals surface area contributed by atoms with Gasteiger partial charge in [0.1, 0.15) is 6.04 Å². The summed E-state index contributed by atoms with van der Waals surface area (Å²) in [7, 11) is 3.72. The van der Waals surface area contributed by atoms with Crippen LogP contribution >= 0.6 is 0 Å². The molecule has 0 spiro atoms. The second-order valence-corrected chi connectivity index (χ2v) is 8.15. The van der Waals surface area contributed by atoms with Crippen LogP contribution in [0.4, 0.5) is 5.69 Å². The minimum atomic E-state index is -0.926. The summed E-state index contributed by atoms with van der Waals surface area (Å²) in [5.41, 5.74) is 5.11. The lowest BCUT2D eigenvalue weighted by Crippen LogP contribution is -2.40. The molecular weight excluding hydrogens is 410 g/mol. The minimum absolute atomic E-state index is 0.0556. The van der Waals surface area contributed by atoms with Gasteiger partial charge in [0.05, 0.1) is 12.6 Å². The molecule has 2 rings (SSSR count). The van der Waals surface area contributed by atoms with E-state index in [0.717, 1.165) is 24.6 Å². The molecule has 2 atom stereocenters. The predicted octanol–water partition coefficient (Wildman–Crippen LogP) is 1.90. The average Bonchev–Trinajstić information content (AvgIpc) is 3.10. The van der Waals surface area contributed by atoms with Gasteiger partial charge in [0.2, 0.25) is 18.6 Å². The molecule has 1 heterocycles. The Kier molecular flexibility index (Phi) is 17.9. The number of primary amides is 1. The zero-order chi connectivity index (χ0) is 25.1. The number of anilines is 1. The number of hydrogen-bond acceptors (Lipinski definition) is 6. The Balaban J connectivity index is 0. The highest BCUT2D eigenvalue weighted by Crippen LogP contribution is 2.22. The SMILES string of the molecule is CC(C)C.CC1CC(C#N)N(C(=O)CN(C)C)C1.NC(=O)C=O.O=CNc1ccccc1. The summed E-state index contributed by atoms with van der Waals surface area (Å²) in [6, 6.07) is 11.3. The molecule has 9 heteroatoms. The van der Waals surface area contributed by atoms with E-state index in [-0.39, 0.29) is 18.2 Å². The number of hydrogen-bond donors (Lipinski definition) is 2. The Labute approximate surface area is 191 Å². The number of likely N-dealkylation sites (tertiary alicyclic amines) is 1. The number of nitrogens with one attached hydrogen (secondary N) is 1. The van der Waals surface area contributed by atoms with E-state index < -0.39 is 5.91 Å². The quantitative estimate of drug-likeness (QED) is 0.522. The Hall–Kier alpha value is -3.25. The molecule has 1 aliphatic heterocycles. The third-order valence-corrected chi connectivity index (χ3v) is 3.55. The first-order valence-electron chi connectivity index (χ1n) is 10.3. The molecule has 1 saturated heterocycles. The number of rotatable bonds is 5. The highest BCUT2D eigenvalue weighted by molar-refractivity contribution is 6.22. The Morgan fingerprint density at radius 2 is 1.75 bits per heavy atom. The summed E-state index contributed by atoms with van der Waals surface area (Å²) in [6.45, 7) is 9.70. The lowest BCUT2D eigenvalue weighted by Gasteiger charge is -2.21. The number of amides is 3. The van der Waals surface area contributed by atoms with Crippen LogP contribution in [-0.2, 0) is 19.2 Å². The van der Waals surface area contributed by atoms with E-state index in [9.17, 15) is 14.4 Å². The zero-order valence-corrected chi connectivity index (χ0v) is 19.9. The summed E-state index contributed by atoms with van der Waals surface area (Å²) in [6.07, 6.45) is 1.53. The molecule has 0 aromatic heterocycles. The number of nitrogens with zero attached hydrogens (tertiary/aromatic N) is 3. The molecule has 0 bridgehead atoms. The predicted molar refractivity (Wildman–Crippen MR) is 125 cm³/mol. The Morgan fingerprint density at radius 3 is 2.12 bits per heavy atom. The highest BCUT2D eigenvalue weighted by atomic mass is 16.2. The van der Waals surface area contributed by atoms with Crippen molar-refractivity contribution in [1.29, 1.82) is 5.26 Å². The number of aldehydes is 1. The second kappa shape index (κ2) is 18.5. The molecule has 2 unspecified atom stereocenters. The lowest BCUT2D eigenvalue weighted by molar-refractivity contribution is -0.131. The fourth-order valence-electron chi connectivity index (χ4n) is 2.41. The number of likely N-dealkylation sites (N-methyl/N-ethyl adjacent to an activating group) is 1. The number of benzene rings is 1. The van der Waals surface area contributed by atoms with Gasteiger partial charge < -0.3 is 20.9 Å².